The van der Waals surface area contributed by atoms with Crippen LogP contribution >= 0.6 is 34.5 Å². The molecule has 4 rings (SSSR count). The van der Waals surface area contributed by atoms with E-state index in [2.05, 4.69) is 9.71 Å². The molecule has 1 unspecified atom stereocenters. The molecule has 0 bridgehead atoms. The lowest BCUT2D eigenvalue weighted by molar-refractivity contribution is 0.544. The van der Waals surface area contributed by atoms with Crippen molar-refractivity contribution >= 4 is 64.6 Å². The smallest absolute Gasteiger partial charge is 0.242 e. The summed E-state index contributed by atoms with van der Waals surface area (Å²) in [7, 11) is -8.91. The highest BCUT2D eigenvalue weighted by Crippen LogP contribution is 2.43. The average molecular weight is 556 g/mol. The number of benzene rings is 3. The number of aromatic nitrogens is 1. The SMILES string of the molecule is Cc1nc2cc(C)c(C(Cl)(NS(=O)(=O)c3ccccc3)S(=O)(=O)c3cccc(Cl)c3C)cc2s1. The summed E-state index contributed by atoms with van der Waals surface area (Å²) in [5.41, 5.74) is 1.49. The van der Waals surface area contributed by atoms with Crippen LogP contribution < -0.4 is 4.72 Å². The van der Waals surface area contributed by atoms with Gasteiger partial charge in [0, 0.05) is 10.6 Å². The molecule has 0 aliphatic carbocycles. The minimum absolute atomic E-state index is 0.0872. The van der Waals surface area contributed by atoms with Crippen molar-refractivity contribution in [1.29, 1.82) is 0 Å². The zero-order valence-corrected chi connectivity index (χ0v) is 22.3. The number of thiazole rings is 1. The molecule has 0 aliphatic rings. The van der Waals surface area contributed by atoms with E-state index in [4.69, 9.17) is 23.2 Å². The molecule has 0 saturated heterocycles. The van der Waals surface area contributed by atoms with Gasteiger partial charge < -0.3 is 0 Å². The van der Waals surface area contributed by atoms with E-state index >= 15 is 0 Å². The third-order valence-electron chi connectivity index (χ3n) is 5.38. The molecule has 3 aromatic carbocycles. The summed E-state index contributed by atoms with van der Waals surface area (Å²) in [4.78, 5) is 4.14. The van der Waals surface area contributed by atoms with Crippen LogP contribution in [0.1, 0.15) is 21.7 Å². The fraction of sp³-hybridized carbons (Fsp3) is 0.174. The zero-order valence-electron chi connectivity index (χ0n) is 18.3. The molecule has 1 atom stereocenters. The van der Waals surface area contributed by atoms with Gasteiger partial charge in [0.15, 0.2) is 0 Å². The largest absolute Gasteiger partial charge is 0.243 e. The van der Waals surface area contributed by atoms with E-state index in [9.17, 15) is 16.8 Å². The minimum atomic E-state index is -4.56. The Kier molecular flexibility index (Phi) is 6.56. The molecule has 4 aromatic rings. The number of sulfone groups is 1. The van der Waals surface area contributed by atoms with Crippen LogP contribution in [0.3, 0.4) is 0 Å². The van der Waals surface area contributed by atoms with Gasteiger partial charge >= 0.3 is 0 Å². The van der Waals surface area contributed by atoms with Gasteiger partial charge in [0.05, 0.1) is 25.0 Å². The summed E-state index contributed by atoms with van der Waals surface area (Å²) in [6.45, 7) is 5.04. The number of rotatable bonds is 6. The molecule has 11 heteroatoms. The average Bonchev–Trinajstić information content (AvgIpc) is 3.13. The van der Waals surface area contributed by atoms with Gasteiger partial charge in [-0.3, -0.25) is 0 Å². The highest BCUT2D eigenvalue weighted by Gasteiger charge is 2.50. The zero-order chi connectivity index (χ0) is 24.9. The number of alkyl halides is 1. The molecule has 0 spiro atoms. The van der Waals surface area contributed by atoms with E-state index in [0.717, 1.165) is 5.01 Å². The fourth-order valence-corrected chi connectivity index (χ4v) is 8.93. The maximum atomic E-state index is 14.1. The maximum Gasteiger partial charge on any atom is 0.243 e. The van der Waals surface area contributed by atoms with Gasteiger partial charge in [-0.2, -0.15) is 4.72 Å². The molecule has 178 valence electrons. The molecule has 0 saturated carbocycles. The third kappa shape index (κ3) is 4.25. The molecule has 1 heterocycles. The number of hydrogen-bond donors (Lipinski definition) is 1. The molecular formula is C23H20Cl2N2O4S3. The van der Waals surface area contributed by atoms with Gasteiger partial charge in [-0.05, 0) is 68.3 Å². The second-order valence-electron chi connectivity index (χ2n) is 7.75. The van der Waals surface area contributed by atoms with Crippen LogP contribution in [0, 0.1) is 20.8 Å². The van der Waals surface area contributed by atoms with Gasteiger partial charge in [-0.25, -0.2) is 21.8 Å². The third-order valence-corrected chi connectivity index (χ3v) is 11.4. The normalized spacial score (nSPS) is 14.3. The van der Waals surface area contributed by atoms with Crippen molar-refractivity contribution in [3.63, 3.8) is 0 Å². The van der Waals surface area contributed by atoms with E-state index in [1.165, 1.54) is 47.7 Å². The molecule has 0 fully saturated rings. The summed E-state index contributed by atoms with van der Waals surface area (Å²) >= 11 is 14.5. The van der Waals surface area contributed by atoms with Crippen LogP contribution in [-0.2, 0) is 24.2 Å². The van der Waals surface area contributed by atoms with E-state index < -0.39 is 24.2 Å². The molecular weight excluding hydrogens is 535 g/mol. The Morgan fingerprint density at radius 1 is 0.941 bits per heavy atom. The first kappa shape index (κ1) is 25.1. The predicted molar refractivity (Wildman–Crippen MR) is 137 cm³/mol. The molecule has 6 nitrogen and oxygen atoms in total. The summed E-state index contributed by atoms with van der Waals surface area (Å²) in [6.07, 6.45) is 0. The van der Waals surface area contributed by atoms with Crippen molar-refractivity contribution in [2.24, 2.45) is 0 Å². The lowest BCUT2D eigenvalue weighted by Crippen LogP contribution is -2.48. The van der Waals surface area contributed by atoms with Crippen LogP contribution in [0.25, 0.3) is 10.2 Å². The van der Waals surface area contributed by atoms with Crippen LogP contribution in [0.5, 0.6) is 0 Å². The topological polar surface area (TPSA) is 93.2 Å². The maximum absolute atomic E-state index is 14.1. The van der Waals surface area contributed by atoms with E-state index in [1.54, 1.807) is 38.1 Å². The first-order valence-electron chi connectivity index (χ1n) is 10.0. The number of aryl methyl sites for hydroxylation is 2. The highest BCUT2D eigenvalue weighted by atomic mass is 35.5. The predicted octanol–water partition coefficient (Wildman–Crippen LogP) is 5.68. The number of hydrogen-bond acceptors (Lipinski definition) is 6. The van der Waals surface area contributed by atoms with E-state index in [-0.39, 0.29) is 25.9 Å². The molecule has 0 amide bonds. The molecule has 0 radical (unpaired) electrons. The second-order valence-corrected chi connectivity index (χ2v) is 13.9. The van der Waals surface area contributed by atoms with E-state index in [0.29, 0.717) is 15.8 Å². The summed E-state index contributed by atoms with van der Waals surface area (Å²) in [6, 6.07) is 15.1. The minimum Gasteiger partial charge on any atom is -0.242 e. The number of fused-ring (bicyclic) bond motifs is 1. The highest BCUT2D eigenvalue weighted by molar-refractivity contribution is 7.95. The number of halogens is 2. The monoisotopic (exact) mass is 554 g/mol. The Labute approximate surface area is 212 Å². The Balaban J connectivity index is 2.02. The molecule has 0 aliphatic heterocycles. The van der Waals surface area contributed by atoms with Gasteiger partial charge in [-0.15, -0.1) is 11.3 Å². The molecule has 1 aromatic heterocycles. The quantitative estimate of drug-likeness (QED) is 0.244. The number of nitrogens with zero attached hydrogens (tertiary/aromatic N) is 1. The van der Waals surface area contributed by atoms with E-state index in [1.807, 2.05) is 6.92 Å². The number of nitrogens with one attached hydrogen (secondary N) is 1. The summed E-state index contributed by atoms with van der Waals surface area (Å²) in [5.74, 6) is 0. The van der Waals surface area contributed by atoms with Crippen molar-refractivity contribution in [1.82, 2.24) is 9.71 Å². The van der Waals surface area contributed by atoms with Crippen molar-refractivity contribution in [2.75, 3.05) is 0 Å². The summed E-state index contributed by atoms with van der Waals surface area (Å²) < 4.78 is 55.3. The van der Waals surface area contributed by atoms with Crippen LogP contribution in [0.15, 0.2) is 70.5 Å². The standard InChI is InChI=1S/C23H20Cl2N2O4S3/c1-14-12-20-21(32-16(3)26-20)13-18(14)23(25,27-34(30,31)17-8-5-4-6-9-17)33(28,29)22-11-7-10-19(24)15(22)2/h4-13,27H,1-3H3. The van der Waals surface area contributed by atoms with Gasteiger partial charge in [0.2, 0.25) is 24.2 Å². The number of sulfonamides is 1. The van der Waals surface area contributed by atoms with Gasteiger partial charge in [0.1, 0.15) is 0 Å². The van der Waals surface area contributed by atoms with Crippen molar-refractivity contribution in [3.8, 4) is 0 Å². The Morgan fingerprint density at radius 2 is 1.62 bits per heavy atom. The van der Waals surface area contributed by atoms with Crippen LogP contribution in [0.2, 0.25) is 5.02 Å². The van der Waals surface area contributed by atoms with Gasteiger partial charge in [0.25, 0.3) is 0 Å². The molecule has 34 heavy (non-hydrogen) atoms. The Morgan fingerprint density at radius 3 is 2.29 bits per heavy atom. The van der Waals surface area contributed by atoms with Crippen molar-refractivity contribution < 1.29 is 16.8 Å². The second kappa shape index (κ2) is 8.89. The lowest BCUT2D eigenvalue weighted by atomic mass is 10.1. The Hall–Kier alpha value is -2.01. The summed E-state index contributed by atoms with van der Waals surface area (Å²) in [5, 5.41) is 1.00. The van der Waals surface area contributed by atoms with Crippen molar-refractivity contribution in [2.45, 2.75) is 34.9 Å². The Bertz CT molecular complexity index is 1620. The van der Waals surface area contributed by atoms with Crippen molar-refractivity contribution in [3.05, 3.63) is 87.4 Å². The molecule has 1 N–H and O–H groups in total. The van der Waals surface area contributed by atoms with Gasteiger partial charge in [-0.1, -0.05) is 47.5 Å². The lowest BCUT2D eigenvalue weighted by Gasteiger charge is -2.30. The van der Waals surface area contributed by atoms with Crippen LogP contribution in [-0.4, -0.2) is 21.8 Å². The first-order chi connectivity index (χ1) is 15.9. The fourth-order valence-electron chi connectivity index (χ4n) is 3.66. The van der Waals surface area contributed by atoms with Crippen LogP contribution in [0.4, 0.5) is 0 Å². The first-order valence-corrected chi connectivity index (χ1v) is 14.6.